The average molecular weight is 626 g/mol. The number of aliphatic hydroxyl groups is 1. The number of nitrogens with two attached hydrogens (primary N) is 1. The summed E-state index contributed by atoms with van der Waals surface area (Å²) in [6.45, 7) is 33.2. The Morgan fingerprint density at radius 1 is 1.00 bits per heavy atom. The van der Waals surface area contributed by atoms with E-state index in [9.17, 15) is 9.90 Å². The molecular formula is C28H55N5O5Si3. The second kappa shape index (κ2) is 10.4. The lowest BCUT2D eigenvalue weighted by molar-refractivity contribution is -0.0663. The molecule has 13 heteroatoms. The van der Waals surface area contributed by atoms with Gasteiger partial charge in [-0.1, -0.05) is 75.4 Å². The number of rotatable bonds is 7. The largest absolute Gasteiger partial charge is 0.414 e. The van der Waals surface area contributed by atoms with E-state index in [0.717, 1.165) is 0 Å². The van der Waals surface area contributed by atoms with Gasteiger partial charge in [0.05, 0.1) is 21.0 Å². The van der Waals surface area contributed by atoms with Crippen LogP contribution in [-0.4, -0.2) is 73.4 Å². The highest BCUT2D eigenvalue weighted by Crippen LogP contribution is 2.55. The third-order valence-corrected chi connectivity index (χ3v) is 25.9. The molecule has 0 spiro atoms. The van der Waals surface area contributed by atoms with Gasteiger partial charge in [0.15, 0.2) is 34.0 Å². The maximum absolute atomic E-state index is 13.3. The number of nitrogen functional groups attached to an aromatic ring is 1. The highest BCUT2D eigenvalue weighted by Gasteiger charge is 2.69. The second-order valence-corrected chi connectivity index (χ2v) is 31.5. The van der Waals surface area contributed by atoms with Crippen molar-refractivity contribution in [3.8, 4) is 0 Å². The lowest BCUT2D eigenvalue weighted by atomic mass is 10.1. The number of aromatic nitrogens is 4. The van der Waals surface area contributed by atoms with Gasteiger partial charge in [0.1, 0.15) is 17.4 Å². The number of H-pyrrole nitrogens is 1. The van der Waals surface area contributed by atoms with Crippen LogP contribution in [0.15, 0.2) is 11.1 Å². The van der Waals surface area contributed by atoms with Crippen LogP contribution in [0, 0.1) is 0 Å². The molecule has 4 atom stereocenters. The van der Waals surface area contributed by atoms with Crippen molar-refractivity contribution >= 4 is 41.8 Å². The molecule has 1 aliphatic heterocycles. The van der Waals surface area contributed by atoms with Gasteiger partial charge in [0, 0.05) is 0 Å². The van der Waals surface area contributed by atoms with Gasteiger partial charge in [-0.2, -0.15) is 4.98 Å². The summed E-state index contributed by atoms with van der Waals surface area (Å²) in [6, 6.07) is 0. The molecule has 0 saturated carbocycles. The quantitative estimate of drug-likeness (QED) is 0.329. The molecule has 1 aliphatic rings. The highest BCUT2D eigenvalue weighted by molar-refractivity contribution is 6.83. The Hall–Kier alpha value is -1.36. The maximum Gasteiger partial charge on any atom is 0.280 e. The fourth-order valence-corrected chi connectivity index (χ4v) is 10.1. The fourth-order valence-electron chi connectivity index (χ4n) is 4.72. The van der Waals surface area contributed by atoms with Crippen LogP contribution in [0.2, 0.25) is 54.4 Å². The summed E-state index contributed by atoms with van der Waals surface area (Å²) in [4.78, 5) is 24.0. The lowest BCUT2D eigenvalue weighted by Gasteiger charge is -2.53. The molecule has 234 valence electrons. The van der Waals surface area contributed by atoms with E-state index in [4.69, 9.17) is 19.3 Å². The first-order valence-corrected chi connectivity index (χ1v) is 23.4. The van der Waals surface area contributed by atoms with Gasteiger partial charge >= 0.3 is 0 Å². The molecular weight excluding hydrogens is 571 g/mol. The predicted octanol–water partition coefficient (Wildman–Crippen LogP) is 5.79. The number of nitrogens with one attached hydrogen (secondary N) is 1. The first kappa shape index (κ1) is 34.1. The van der Waals surface area contributed by atoms with E-state index in [0.29, 0.717) is 0 Å². The van der Waals surface area contributed by atoms with Gasteiger partial charge < -0.3 is 24.4 Å². The van der Waals surface area contributed by atoms with Crippen molar-refractivity contribution in [1.29, 1.82) is 0 Å². The van der Waals surface area contributed by atoms with Crippen LogP contribution in [0.1, 0.15) is 68.5 Å². The Morgan fingerprint density at radius 3 is 2.02 bits per heavy atom. The molecule has 1 fully saturated rings. The molecule has 0 radical (unpaired) electrons. The summed E-state index contributed by atoms with van der Waals surface area (Å²) >= 11 is 0. The molecule has 1 saturated heterocycles. The van der Waals surface area contributed by atoms with E-state index in [-0.39, 0.29) is 38.8 Å². The van der Waals surface area contributed by atoms with Crippen molar-refractivity contribution in [2.75, 3.05) is 12.3 Å². The molecule has 0 amide bonds. The number of hydrogen-bond acceptors (Lipinski definition) is 8. The molecule has 41 heavy (non-hydrogen) atoms. The van der Waals surface area contributed by atoms with E-state index >= 15 is 0 Å². The maximum atomic E-state index is 13.3. The van der Waals surface area contributed by atoms with E-state index in [1.807, 2.05) is 0 Å². The Bertz CT molecular complexity index is 1320. The van der Waals surface area contributed by atoms with Crippen LogP contribution in [0.5, 0.6) is 0 Å². The zero-order valence-corrected chi connectivity index (χ0v) is 31.0. The standard InChI is InChI=1S/C28H55N5O5Si3/c1-25(2,3)39(10,11)28(35)20(38-41(14,15)27(7,8)9)18(16-36-40(12,13)26(4,5)6)37-23(28)33-17-30-19-21(33)31-24(29)32-22(19)34/h17-18,20,23,35H,16H2,1-15H3,(H3,29,31,32,34)/t18-,20-,23-,28+/m1/s1. The third kappa shape index (κ3) is 5.79. The lowest BCUT2D eigenvalue weighted by Crippen LogP contribution is -2.70. The van der Waals surface area contributed by atoms with E-state index in [1.165, 1.54) is 6.33 Å². The molecule has 4 N–H and O–H groups in total. The number of imidazole rings is 1. The fraction of sp³-hybridized carbons (Fsp3) is 0.821. The molecule has 0 bridgehead atoms. The minimum Gasteiger partial charge on any atom is -0.414 e. The second-order valence-electron chi connectivity index (χ2n) is 16.4. The summed E-state index contributed by atoms with van der Waals surface area (Å²) in [5, 5.41) is 11.5. The zero-order valence-electron chi connectivity index (χ0n) is 28.0. The van der Waals surface area contributed by atoms with Gasteiger partial charge in [-0.25, -0.2) is 4.98 Å². The SMILES string of the molecule is CC(C)(C)[Si](C)(C)OC[C@H]1O[C@@H](n2cnc3c(=O)[nH]c(N)nc32)[C@@](O)([Si](C)(C)C(C)(C)C)[C@@H]1O[Si](C)(C)C(C)(C)C. The minimum atomic E-state index is -2.72. The van der Waals surface area contributed by atoms with Crippen molar-refractivity contribution in [1.82, 2.24) is 19.5 Å². The summed E-state index contributed by atoms with van der Waals surface area (Å²) in [7, 11) is -7.29. The van der Waals surface area contributed by atoms with Crippen molar-refractivity contribution in [2.45, 2.75) is 140 Å². The number of hydrogen-bond donors (Lipinski definition) is 3. The molecule has 0 aliphatic carbocycles. The van der Waals surface area contributed by atoms with Crippen molar-refractivity contribution < 1.29 is 18.7 Å². The first-order chi connectivity index (χ1) is 18.2. The normalized spacial score (nSPS) is 25.3. The summed E-state index contributed by atoms with van der Waals surface area (Å²) < 4.78 is 22.5. The number of fused-ring (bicyclic) bond motifs is 1. The van der Waals surface area contributed by atoms with Gasteiger partial charge in [-0.3, -0.25) is 14.3 Å². The van der Waals surface area contributed by atoms with Gasteiger partial charge in [0.25, 0.3) is 5.56 Å². The molecule has 2 aromatic rings. The number of aromatic amines is 1. The molecule has 0 aromatic carbocycles. The molecule has 3 heterocycles. The minimum absolute atomic E-state index is 0.000449. The zero-order chi connectivity index (χ0) is 31.8. The van der Waals surface area contributed by atoms with Gasteiger partial charge in [0.2, 0.25) is 5.95 Å². The predicted molar refractivity (Wildman–Crippen MR) is 174 cm³/mol. The Balaban J connectivity index is 2.30. The number of nitrogens with zero attached hydrogens (tertiary/aromatic N) is 3. The van der Waals surface area contributed by atoms with Crippen molar-refractivity contribution in [3.05, 3.63) is 16.7 Å². The molecule has 2 aromatic heterocycles. The van der Waals surface area contributed by atoms with Gasteiger partial charge in [-0.15, -0.1) is 0 Å². The Labute approximate surface area is 249 Å². The van der Waals surface area contributed by atoms with Crippen LogP contribution < -0.4 is 11.3 Å². The van der Waals surface area contributed by atoms with Crippen molar-refractivity contribution in [2.24, 2.45) is 0 Å². The monoisotopic (exact) mass is 625 g/mol. The van der Waals surface area contributed by atoms with Crippen molar-refractivity contribution in [3.63, 3.8) is 0 Å². The Kier molecular flexibility index (Phi) is 8.64. The third-order valence-electron chi connectivity index (χ3n) is 10.7. The van der Waals surface area contributed by atoms with Crippen LogP contribution in [-0.2, 0) is 13.6 Å². The van der Waals surface area contributed by atoms with Gasteiger partial charge in [-0.05, 0) is 41.3 Å². The summed E-state index contributed by atoms with van der Waals surface area (Å²) in [5.74, 6) is -0.0232. The average Bonchev–Trinajstić information content (AvgIpc) is 3.30. The van der Waals surface area contributed by atoms with E-state index in [1.54, 1.807) is 4.57 Å². The van der Waals surface area contributed by atoms with E-state index < -0.39 is 53.9 Å². The summed E-state index contributed by atoms with van der Waals surface area (Å²) in [5.41, 5.74) is 5.93. The molecule has 0 unspecified atom stereocenters. The highest BCUT2D eigenvalue weighted by atomic mass is 28.4. The van der Waals surface area contributed by atoms with Crippen LogP contribution in [0.25, 0.3) is 11.2 Å². The molecule has 10 nitrogen and oxygen atoms in total. The smallest absolute Gasteiger partial charge is 0.280 e. The van der Waals surface area contributed by atoms with Crippen LogP contribution >= 0.6 is 0 Å². The topological polar surface area (TPSA) is 138 Å². The summed E-state index contributed by atoms with van der Waals surface area (Å²) in [6.07, 6.45) is -0.616. The van der Waals surface area contributed by atoms with Crippen LogP contribution in [0.4, 0.5) is 5.95 Å². The molecule has 3 rings (SSSR count). The number of ether oxygens (including phenoxy) is 1. The van der Waals surface area contributed by atoms with Crippen LogP contribution in [0.3, 0.4) is 0 Å². The number of anilines is 1. The van der Waals surface area contributed by atoms with E-state index in [2.05, 4.69) is 117 Å². The Morgan fingerprint density at radius 2 is 1.54 bits per heavy atom. The first-order valence-electron chi connectivity index (χ1n) is 14.6.